The Morgan fingerprint density at radius 2 is 2.22 bits per heavy atom. The average molecular weight is 370 g/mol. The number of carbonyl (C=O) groups is 1. The van der Waals surface area contributed by atoms with Crippen LogP contribution in [0.15, 0.2) is 35.1 Å². The molecule has 0 saturated carbocycles. The molecule has 1 atom stereocenters. The highest BCUT2D eigenvalue weighted by Crippen LogP contribution is 2.25. The number of ether oxygens (including phenoxy) is 1. The SMILES string of the molecule is Cc1ccc2c(c1)CN(CCNC(=O)CCc1ccc(=O)[nH]n1)CC(C)O2. The monoisotopic (exact) mass is 370 g/mol. The van der Waals surface area contributed by atoms with E-state index >= 15 is 0 Å². The van der Waals surface area contributed by atoms with Crippen molar-refractivity contribution in [2.45, 2.75) is 39.3 Å². The number of amides is 1. The van der Waals surface area contributed by atoms with Gasteiger partial charge in [0.25, 0.3) is 5.56 Å². The number of aromatic amines is 1. The van der Waals surface area contributed by atoms with Gasteiger partial charge in [-0.2, -0.15) is 5.10 Å². The molecule has 1 aromatic heterocycles. The lowest BCUT2D eigenvalue weighted by Crippen LogP contribution is -2.37. The summed E-state index contributed by atoms with van der Waals surface area (Å²) < 4.78 is 6.00. The number of aryl methyl sites for hydroxylation is 2. The van der Waals surface area contributed by atoms with Gasteiger partial charge in [-0.1, -0.05) is 17.7 Å². The zero-order valence-corrected chi connectivity index (χ0v) is 15.8. The van der Waals surface area contributed by atoms with E-state index in [0.717, 1.165) is 25.4 Å². The smallest absolute Gasteiger partial charge is 0.264 e. The van der Waals surface area contributed by atoms with Crippen LogP contribution in [0.1, 0.15) is 30.2 Å². The number of nitrogens with one attached hydrogen (secondary N) is 2. The third kappa shape index (κ3) is 5.65. The molecule has 2 aromatic rings. The average Bonchev–Trinajstić information content (AvgIpc) is 2.78. The van der Waals surface area contributed by atoms with Crippen molar-refractivity contribution in [2.75, 3.05) is 19.6 Å². The maximum atomic E-state index is 12.0. The zero-order chi connectivity index (χ0) is 19.2. The van der Waals surface area contributed by atoms with Crippen molar-refractivity contribution < 1.29 is 9.53 Å². The number of aromatic nitrogens is 2. The molecule has 7 heteroatoms. The van der Waals surface area contributed by atoms with E-state index < -0.39 is 0 Å². The van der Waals surface area contributed by atoms with E-state index in [1.165, 1.54) is 17.2 Å². The summed E-state index contributed by atoms with van der Waals surface area (Å²) >= 11 is 0. The lowest BCUT2D eigenvalue weighted by Gasteiger charge is -2.21. The van der Waals surface area contributed by atoms with Gasteiger partial charge in [-0.25, -0.2) is 5.10 Å². The van der Waals surface area contributed by atoms with Gasteiger partial charge in [0.15, 0.2) is 0 Å². The van der Waals surface area contributed by atoms with E-state index in [9.17, 15) is 9.59 Å². The molecule has 0 fully saturated rings. The number of carbonyl (C=O) groups excluding carboxylic acids is 1. The molecule has 1 unspecified atom stereocenters. The van der Waals surface area contributed by atoms with Gasteiger partial charge >= 0.3 is 0 Å². The summed E-state index contributed by atoms with van der Waals surface area (Å²) in [5.41, 5.74) is 2.87. The molecule has 2 heterocycles. The summed E-state index contributed by atoms with van der Waals surface area (Å²) in [6.07, 6.45) is 0.959. The molecule has 144 valence electrons. The standard InChI is InChI=1S/C20H26N4O3/c1-14-3-6-18-16(11-14)13-24(12-15(2)27-18)10-9-21-19(25)7-4-17-5-8-20(26)23-22-17/h3,5-6,8,11,15H,4,7,9-10,12-13H2,1-2H3,(H,21,25)(H,23,26). The molecular weight excluding hydrogens is 344 g/mol. The Morgan fingerprint density at radius 3 is 3.00 bits per heavy atom. The number of rotatable bonds is 6. The Labute approximate surface area is 158 Å². The highest BCUT2D eigenvalue weighted by Gasteiger charge is 2.20. The summed E-state index contributed by atoms with van der Waals surface area (Å²) in [7, 11) is 0. The van der Waals surface area contributed by atoms with Crippen molar-refractivity contribution >= 4 is 5.91 Å². The molecule has 1 aliphatic heterocycles. The first-order chi connectivity index (χ1) is 13.0. The van der Waals surface area contributed by atoms with Crippen LogP contribution in [0.25, 0.3) is 0 Å². The van der Waals surface area contributed by atoms with Gasteiger partial charge < -0.3 is 10.1 Å². The summed E-state index contributed by atoms with van der Waals surface area (Å²) in [6.45, 7) is 7.15. The van der Waals surface area contributed by atoms with Gasteiger partial charge in [0.2, 0.25) is 5.91 Å². The molecule has 0 bridgehead atoms. The maximum Gasteiger partial charge on any atom is 0.264 e. The van der Waals surface area contributed by atoms with Crippen LogP contribution in [0.4, 0.5) is 0 Å². The second kappa shape index (κ2) is 8.81. The normalized spacial score (nSPS) is 16.9. The van der Waals surface area contributed by atoms with Crippen molar-refractivity contribution in [1.82, 2.24) is 20.4 Å². The molecule has 1 amide bonds. The molecule has 1 aromatic carbocycles. The number of benzene rings is 1. The highest BCUT2D eigenvalue weighted by atomic mass is 16.5. The van der Waals surface area contributed by atoms with Crippen LogP contribution >= 0.6 is 0 Å². The fraction of sp³-hybridized carbons (Fsp3) is 0.450. The number of hydrogen-bond donors (Lipinski definition) is 2. The van der Waals surface area contributed by atoms with E-state index in [4.69, 9.17) is 4.74 Å². The third-order valence-electron chi connectivity index (χ3n) is 4.55. The van der Waals surface area contributed by atoms with Crippen molar-refractivity contribution in [3.63, 3.8) is 0 Å². The van der Waals surface area contributed by atoms with Crippen LogP contribution in [0.5, 0.6) is 5.75 Å². The first-order valence-corrected chi connectivity index (χ1v) is 9.29. The minimum absolute atomic E-state index is 0.0154. The molecule has 27 heavy (non-hydrogen) atoms. The van der Waals surface area contributed by atoms with Crippen LogP contribution in [0.3, 0.4) is 0 Å². The van der Waals surface area contributed by atoms with Crippen LogP contribution in [-0.2, 0) is 17.8 Å². The van der Waals surface area contributed by atoms with Crippen LogP contribution in [-0.4, -0.2) is 46.7 Å². The molecule has 0 radical (unpaired) electrons. The van der Waals surface area contributed by atoms with Gasteiger partial charge in [0, 0.05) is 50.7 Å². The van der Waals surface area contributed by atoms with Gasteiger partial charge in [0.1, 0.15) is 11.9 Å². The number of fused-ring (bicyclic) bond motifs is 1. The number of H-pyrrole nitrogens is 1. The lowest BCUT2D eigenvalue weighted by atomic mass is 10.1. The van der Waals surface area contributed by atoms with Gasteiger partial charge in [0.05, 0.1) is 5.69 Å². The van der Waals surface area contributed by atoms with Gasteiger partial charge in [-0.15, -0.1) is 0 Å². The molecule has 2 N–H and O–H groups in total. The highest BCUT2D eigenvalue weighted by molar-refractivity contribution is 5.76. The number of hydrogen-bond acceptors (Lipinski definition) is 5. The molecule has 0 spiro atoms. The second-order valence-electron chi connectivity index (χ2n) is 7.04. The predicted octanol–water partition coefficient (Wildman–Crippen LogP) is 1.41. The maximum absolute atomic E-state index is 12.0. The fourth-order valence-electron chi connectivity index (χ4n) is 3.24. The van der Waals surface area contributed by atoms with Crippen LogP contribution < -0.4 is 15.6 Å². The summed E-state index contributed by atoms with van der Waals surface area (Å²) in [6, 6.07) is 9.33. The predicted molar refractivity (Wildman–Crippen MR) is 103 cm³/mol. The Morgan fingerprint density at radius 1 is 1.37 bits per heavy atom. The second-order valence-corrected chi connectivity index (χ2v) is 7.04. The minimum Gasteiger partial charge on any atom is -0.489 e. The summed E-state index contributed by atoms with van der Waals surface area (Å²) in [4.78, 5) is 25.3. The summed E-state index contributed by atoms with van der Waals surface area (Å²) in [5, 5.41) is 9.25. The third-order valence-corrected chi connectivity index (χ3v) is 4.55. The molecule has 1 aliphatic rings. The van der Waals surface area contributed by atoms with Gasteiger partial charge in [-0.3, -0.25) is 14.5 Å². The van der Waals surface area contributed by atoms with Crippen LogP contribution in [0, 0.1) is 6.92 Å². The molecule has 0 aliphatic carbocycles. The van der Waals surface area contributed by atoms with Gasteiger partial charge in [-0.05, 0) is 26.0 Å². The molecular formula is C20H26N4O3. The van der Waals surface area contributed by atoms with Crippen molar-refractivity contribution in [2.24, 2.45) is 0 Å². The minimum atomic E-state index is -0.240. The van der Waals surface area contributed by atoms with E-state index in [-0.39, 0.29) is 17.6 Å². The Balaban J connectivity index is 1.45. The molecule has 7 nitrogen and oxygen atoms in total. The summed E-state index contributed by atoms with van der Waals surface area (Å²) in [5.74, 6) is 0.936. The van der Waals surface area contributed by atoms with Crippen molar-refractivity contribution in [1.29, 1.82) is 0 Å². The molecule has 0 saturated heterocycles. The molecule has 3 rings (SSSR count). The Bertz CT molecular complexity index is 829. The Hall–Kier alpha value is -2.67. The largest absolute Gasteiger partial charge is 0.489 e. The van der Waals surface area contributed by atoms with E-state index in [2.05, 4.69) is 46.4 Å². The van der Waals surface area contributed by atoms with E-state index in [1.54, 1.807) is 6.07 Å². The first-order valence-electron chi connectivity index (χ1n) is 9.29. The fourth-order valence-corrected chi connectivity index (χ4v) is 3.24. The van der Waals surface area contributed by atoms with E-state index in [1.807, 2.05) is 6.07 Å². The van der Waals surface area contributed by atoms with Crippen molar-refractivity contribution in [3.8, 4) is 5.75 Å². The van der Waals surface area contributed by atoms with Crippen LogP contribution in [0.2, 0.25) is 0 Å². The number of nitrogens with zero attached hydrogens (tertiary/aromatic N) is 2. The lowest BCUT2D eigenvalue weighted by molar-refractivity contribution is -0.121. The van der Waals surface area contributed by atoms with E-state index in [0.29, 0.717) is 25.1 Å². The first kappa shape index (κ1) is 19.1. The zero-order valence-electron chi connectivity index (χ0n) is 15.8. The topological polar surface area (TPSA) is 87.3 Å². The Kier molecular flexibility index (Phi) is 6.24. The van der Waals surface area contributed by atoms with Crippen molar-refractivity contribution in [3.05, 3.63) is 57.5 Å². The quantitative estimate of drug-likeness (QED) is 0.803.